The van der Waals surface area contributed by atoms with Crippen LogP contribution < -0.4 is 15.0 Å². The zero-order valence-electron chi connectivity index (χ0n) is 16.3. The highest BCUT2D eigenvalue weighted by atomic mass is 35.5. The number of nitrogens with one attached hydrogen (secondary N) is 1. The van der Waals surface area contributed by atoms with Crippen molar-refractivity contribution in [1.29, 1.82) is 0 Å². The highest BCUT2D eigenvalue weighted by Crippen LogP contribution is 2.33. The molecule has 0 saturated heterocycles. The molecule has 0 fully saturated rings. The summed E-state index contributed by atoms with van der Waals surface area (Å²) in [6, 6.07) is 14.7. The van der Waals surface area contributed by atoms with Gasteiger partial charge in [-0.15, -0.1) is 0 Å². The number of ether oxygens (including phenoxy) is 1. The van der Waals surface area contributed by atoms with Crippen molar-refractivity contribution >= 4 is 29.1 Å². The van der Waals surface area contributed by atoms with Crippen molar-refractivity contribution in [2.75, 3.05) is 24.6 Å². The van der Waals surface area contributed by atoms with Gasteiger partial charge in [0, 0.05) is 37.1 Å². The standard InChI is InChI=1S/C22H25ClN2O4/c1-15-22(28)25(19-4-2-3-5-20(19)29-15)11-10-21(27)24-13-17(14-26)12-16-6-8-18(23)9-7-16/h2-9,15,17,26H,10-14H2,1H3,(H,24,27)/t15-,17-/m0/s1. The Bertz CT molecular complexity index is 856. The van der Waals surface area contributed by atoms with Crippen LogP contribution >= 0.6 is 11.6 Å². The minimum atomic E-state index is -0.578. The van der Waals surface area contributed by atoms with Crippen LogP contribution in [0.2, 0.25) is 5.02 Å². The summed E-state index contributed by atoms with van der Waals surface area (Å²) in [5.41, 5.74) is 1.73. The molecule has 0 unspecified atom stereocenters. The Morgan fingerprint density at radius 1 is 1.24 bits per heavy atom. The molecule has 1 aliphatic heterocycles. The second-order valence-electron chi connectivity index (χ2n) is 7.15. The highest BCUT2D eigenvalue weighted by molar-refractivity contribution is 6.30. The van der Waals surface area contributed by atoms with Crippen molar-refractivity contribution in [1.82, 2.24) is 5.32 Å². The van der Waals surface area contributed by atoms with Crippen LogP contribution in [0.1, 0.15) is 18.9 Å². The molecule has 2 aromatic rings. The van der Waals surface area contributed by atoms with Gasteiger partial charge in [-0.25, -0.2) is 0 Å². The molecule has 0 saturated carbocycles. The lowest BCUT2D eigenvalue weighted by Crippen LogP contribution is -2.46. The second kappa shape index (κ2) is 9.76. The number of hydrogen-bond acceptors (Lipinski definition) is 4. The Balaban J connectivity index is 1.51. The van der Waals surface area contributed by atoms with E-state index in [0.29, 0.717) is 29.4 Å². The molecule has 1 aliphatic rings. The lowest BCUT2D eigenvalue weighted by molar-refractivity contribution is -0.125. The van der Waals surface area contributed by atoms with Crippen molar-refractivity contribution in [2.24, 2.45) is 5.92 Å². The number of fused-ring (bicyclic) bond motifs is 1. The van der Waals surface area contributed by atoms with Gasteiger partial charge in [0.1, 0.15) is 5.75 Å². The maximum Gasteiger partial charge on any atom is 0.267 e. The molecule has 0 aromatic heterocycles. The van der Waals surface area contributed by atoms with Crippen molar-refractivity contribution in [3.63, 3.8) is 0 Å². The number of amides is 2. The number of nitrogens with zero attached hydrogens (tertiary/aromatic N) is 1. The fourth-order valence-corrected chi connectivity index (χ4v) is 3.43. The molecule has 0 bridgehead atoms. The molecule has 0 radical (unpaired) electrons. The number of aliphatic hydroxyl groups is 1. The molecule has 0 spiro atoms. The molecule has 2 amide bonds. The summed E-state index contributed by atoms with van der Waals surface area (Å²) >= 11 is 5.89. The van der Waals surface area contributed by atoms with Crippen molar-refractivity contribution in [2.45, 2.75) is 25.9 Å². The quantitative estimate of drug-likeness (QED) is 0.693. The molecule has 2 aromatic carbocycles. The monoisotopic (exact) mass is 416 g/mol. The maximum atomic E-state index is 12.5. The summed E-state index contributed by atoms with van der Waals surface area (Å²) in [5.74, 6) is 0.227. The lowest BCUT2D eigenvalue weighted by Gasteiger charge is -2.32. The van der Waals surface area contributed by atoms with E-state index in [1.54, 1.807) is 11.8 Å². The first kappa shape index (κ1) is 21.1. The van der Waals surface area contributed by atoms with Crippen LogP contribution in [0.5, 0.6) is 5.75 Å². The highest BCUT2D eigenvalue weighted by Gasteiger charge is 2.31. The third-order valence-corrected chi connectivity index (χ3v) is 5.17. The molecule has 2 N–H and O–H groups in total. The number of anilines is 1. The molecule has 2 atom stereocenters. The summed E-state index contributed by atoms with van der Waals surface area (Å²) in [6.07, 6.45) is 0.234. The molecule has 0 aliphatic carbocycles. The molecule has 1 heterocycles. The molecule has 29 heavy (non-hydrogen) atoms. The summed E-state index contributed by atoms with van der Waals surface area (Å²) in [6.45, 7) is 2.31. The van der Waals surface area contributed by atoms with Gasteiger partial charge in [-0.3, -0.25) is 9.59 Å². The Hall–Kier alpha value is -2.57. The number of carbonyl (C=O) groups is 2. The predicted octanol–water partition coefficient (Wildman–Crippen LogP) is 2.81. The third kappa shape index (κ3) is 5.49. The number of halogens is 1. The minimum Gasteiger partial charge on any atom is -0.479 e. The smallest absolute Gasteiger partial charge is 0.267 e. The van der Waals surface area contributed by atoms with Crippen LogP contribution in [-0.4, -0.2) is 42.7 Å². The minimum absolute atomic E-state index is 0.0320. The molecular formula is C22H25ClN2O4. The van der Waals surface area contributed by atoms with Gasteiger partial charge in [0.2, 0.25) is 5.91 Å². The fourth-order valence-electron chi connectivity index (χ4n) is 3.30. The van der Waals surface area contributed by atoms with Gasteiger partial charge in [-0.1, -0.05) is 35.9 Å². The van der Waals surface area contributed by atoms with Crippen LogP contribution in [0.4, 0.5) is 5.69 Å². The van der Waals surface area contributed by atoms with Gasteiger partial charge in [-0.2, -0.15) is 0 Å². The van der Waals surface area contributed by atoms with E-state index in [-0.39, 0.29) is 37.3 Å². The summed E-state index contributed by atoms with van der Waals surface area (Å²) in [7, 11) is 0. The van der Waals surface area contributed by atoms with Crippen LogP contribution in [0.15, 0.2) is 48.5 Å². The number of para-hydroxylation sites is 2. The van der Waals surface area contributed by atoms with Crippen molar-refractivity contribution in [3.05, 3.63) is 59.1 Å². The average Bonchev–Trinajstić information content (AvgIpc) is 2.73. The van der Waals surface area contributed by atoms with Gasteiger partial charge >= 0.3 is 0 Å². The Kier molecular flexibility index (Phi) is 7.12. The third-order valence-electron chi connectivity index (χ3n) is 4.92. The van der Waals surface area contributed by atoms with Crippen molar-refractivity contribution in [3.8, 4) is 5.75 Å². The zero-order chi connectivity index (χ0) is 20.8. The topological polar surface area (TPSA) is 78.9 Å². The largest absolute Gasteiger partial charge is 0.479 e. The van der Waals surface area contributed by atoms with Gasteiger partial charge in [0.25, 0.3) is 5.91 Å². The van der Waals surface area contributed by atoms with Gasteiger partial charge in [0.05, 0.1) is 5.69 Å². The fraction of sp³-hybridized carbons (Fsp3) is 0.364. The Labute approximate surface area is 175 Å². The number of carbonyl (C=O) groups excluding carboxylic acids is 2. The normalized spacial score (nSPS) is 16.7. The van der Waals surface area contributed by atoms with Crippen LogP contribution in [0.3, 0.4) is 0 Å². The number of aliphatic hydroxyl groups excluding tert-OH is 1. The average molecular weight is 417 g/mol. The van der Waals surface area contributed by atoms with E-state index < -0.39 is 6.10 Å². The van der Waals surface area contributed by atoms with E-state index in [1.807, 2.05) is 48.5 Å². The number of rotatable bonds is 8. The second-order valence-corrected chi connectivity index (χ2v) is 7.59. The molecule has 7 heteroatoms. The number of hydrogen-bond donors (Lipinski definition) is 2. The van der Waals surface area contributed by atoms with Crippen LogP contribution in [-0.2, 0) is 16.0 Å². The molecule has 6 nitrogen and oxygen atoms in total. The number of benzene rings is 2. The van der Waals surface area contributed by atoms with Gasteiger partial charge in [0.15, 0.2) is 6.10 Å². The van der Waals surface area contributed by atoms with E-state index >= 15 is 0 Å². The molecule has 154 valence electrons. The summed E-state index contributed by atoms with van der Waals surface area (Å²) in [5, 5.41) is 13.1. The van der Waals surface area contributed by atoms with E-state index in [1.165, 1.54) is 0 Å². The van der Waals surface area contributed by atoms with Crippen LogP contribution in [0.25, 0.3) is 0 Å². The first-order valence-corrected chi connectivity index (χ1v) is 10.0. The molecule has 3 rings (SSSR count). The Morgan fingerprint density at radius 2 is 1.97 bits per heavy atom. The lowest BCUT2D eigenvalue weighted by atomic mass is 10.00. The van der Waals surface area contributed by atoms with E-state index in [2.05, 4.69) is 5.32 Å². The first-order valence-electron chi connectivity index (χ1n) is 9.67. The van der Waals surface area contributed by atoms with E-state index in [4.69, 9.17) is 16.3 Å². The summed E-state index contributed by atoms with van der Waals surface area (Å²) < 4.78 is 5.61. The SMILES string of the molecule is C[C@@H]1Oc2ccccc2N(CCC(=O)NC[C@@H](CO)Cc2ccc(Cl)cc2)C1=O. The zero-order valence-corrected chi connectivity index (χ0v) is 17.1. The summed E-state index contributed by atoms with van der Waals surface area (Å²) in [4.78, 5) is 26.4. The maximum absolute atomic E-state index is 12.5. The molecular weight excluding hydrogens is 392 g/mol. The van der Waals surface area contributed by atoms with Crippen molar-refractivity contribution < 1.29 is 19.4 Å². The van der Waals surface area contributed by atoms with E-state index in [0.717, 1.165) is 5.56 Å². The predicted molar refractivity (Wildman–Crippen MR) is 112 cm³/mol. The van der Waals surface area contributed by atoms with Gasteiger partial charge in [-0.05, 0) is 43.2 Å². The van der Waals surface area contributed by atoms with Gasteiger partial charge < -0.3 is 20.1 Å². The van der Waals surface area contributed by atoms with E-state index in [9.17, 15) is 14.7 Å². The first-order chi connectivity index (χ1) is 14.0. The van der Waals surface area contributed by atoms with Crippen LogP contribution in [0, 0.1) is 5.92 Å². The Morgan fingerprint density at radius 3 is 2.69 bits per heavy atom.